The molecule has 0 spiro atoms. The molecule has 0 radical (unpaired) electrons. The molecule has 1 aliphatic heterocycles. The largest absolute Gasteiger partial charge is 0.444 e. The van der Waals surface area contributed by atoms with Gasteiger partial charge in [-0.3, -0.25) is 4.99 Å². The highest BCUT2D eigenvalue weighted by atomic mass is 127. The number of halogens is 1. The Bertz CT molecular complexity index is 474. The van der Waals surface area contributed by atoms with E-state index in [0.717, 1.165) is 37.7 Å². The van der Waals surface area contributed by atoms with Gasteiger partial charge in [0.15, 0.2) is 5.96 Å². The Morgan fingerprint density at radius 1 is 1.24 bits per heavy atom. The summed E-state index contributed by atoms with van der Waals surface area (Å²) >= 11 is 0. The van der Waals surface area contributed by atoms with Gasteiger partial charge in [-0.25, -0.2) is 4.79 Å². The predicted octanol–water partition coefficient (Wildman–Crippen LogP) is 3.58. The van der Waals surface area contributed by atoms with Crippen molar-refractivity contribution in [3.8, 4) is 0 Å². The molecule has 0 aromatic carbocycles. The average molecular weight is 526 g/mol. The Morgan fingerprint density at radius 3 is 2.45 bits per heavy atom. The van der Waals surface area contributed by atoms with E-state index in [1.807, 2.05) is 20.8 Å². The summed E-state index contributed by atoms with van der Waals surface area (Å²) in [5.41, 5.74) is -0.484. The van der Waals surface area contributed by atoms with Gasteiger partial charge in [-0.15, -0.1) is 24.0 Å². The van der Waals surface area contributed by atoms with Crippen molar-refractivity contribution in [1.29, 1.82) is 0 Å². The molecule has 8 heteroatoms. The van der Waals surface area contributed by atoms with Crippen LogP contribution in [-0.2, 0) is 4.74 Å². The fourth-order valence-corrected chi connectivity index (χ4v) is 3.33. The maximum atomic E-state index is 12.0. The first kappa shape index (κ1) is 28.2. The standard InChI is InChI=1S/C21H43N5O2.HI/c1-7-8-9-18(16-24-20(27)28-21(2,3)4)25-19(22-5)23-13-10-17-11-14-26(6)15-12-17;/h17-18H,7-16H2,1-6H3,(H,24,27)(H2,22,23,25);1H. The summed E-state index contributed by atoms with van der Waals surface area (Å²) in [6.45, 7) is 11.6. The average Bonchev–Trinajstić information content (AvgIpc) is 2.62. The van der Waals surface area contributed by atoms with Crippen molar-refractivity contribution in [2.24, 2.45) is 10.9 Å². The number of nitrogens with one attached hydrogen (secondary N) is 3. The van der Waals surface area contributed by atoms with Gasteiger partial charge in [0, 0.05) is 26.2 Å². The third-order valence-electron chi connectivity index (χ3n) is 5.05. The number of piperidine rings is 1. The highest BCUT2D eigenvalue weighted by Crippen LogP contribution is 2.18. The highest BCUT2D eigenvalue weighted by Gasteiger charge is 2.19. The molecule has 1 rings (SSSR count). The van der Waals surface area contributed by atoms with Gasteiger partial charge in [0.05, 0.1) is 0 Å². The second-order valence-corrected chi connectivity index (χ2v) is 8.90. The van der Waals surface area contributed by atoms with Crippen LogP contribution in [0.3, 0.4) is 0 Å². The molecule has 1 amide bonds. The lowest BCUT2D eigenvalue weighted by molar-refractivity contribution is 0.0523. The lowest BCUT2D eigenvalue weighted by atomic mass is 9.94. The van der Waals surface area contributed by atoms with E-state index in [0.29, 0.717) is 6.54 Å². The van der Waals surface area contributed by atoms with Crippen molar-refractivity contribution >= 4 is 36.0 Å². The van der Waals surface area contributed by atoms with Crippen LogP contribution in [0.5, 0.6) is 0 Å². The topological polar surface area (TPSA) is 78.0 Å². The van der Waals surface area contributed by atoms with Crippen molar-refractivity contribution in [1.82, 2.24) is 20.9 Å². The Morgan fingerprint density at radius 2 is 1.90 bits per heavy atom. The number of guanidine groups is 1. The summed E-state index contributed by atoms with van der Waals surface area (Å²) in [5, 5.41) is 9.78. The lowest BCUT2D eigenvalue weighted by Gasteiger charge is -2.29. The molecule has 0 aliphatic carbocycles. The van der Waals surface area contributed by atoms with E-state index in [1.165, 1.54) is 32.4 Å². The molecule has 0 aromatic heterocycles. The maximum absolute atomic E-state index is 12.0. The van der Waals surface area contributed by atoms with Gasteiger partial charge >= 0.3 is 6.09 Å². The molecule has 1 atom stereocenters. The number of ether oxygens (including phenoxy) is 1. The van der Waals surface area contributed by atoms with Crippen molar-refractivity contribution in [2.45, 2.75) is 77.9 Å². The van der Waals surface area contributed by atoms with Crippen LogP contribution in [0, 0.1) is 5.92 Å². The van der Waals surface area contributed by atoms with Gasteiger partial charge in [0.25, 0.3) is 0 Å². The first-order valence-electron chi connectivity index (χ1n) is 10.9. The van der Waals surface area contributed by atoms with E-state index in [4.69, 9.17) is 4.74 Å². The molecule has 0 bridgehead atoms. The number of hydrogen-bond donors (Lipinski definition) is 3. The van der Waals surface area contributed by atoms with E-state index >= 15 is 0 Å². The fraction of sp³-hybridized carbons (Fsp3) is 0.905. The minimum atomic E-state index is -0.484. The first-order chi connectivity index (χ1) is 13.2. The molecule has 7 nitrogen and oxygen atoms in total. The maximum Gasteiger partial charge on any atom is 0.407 e. The van der Waals surface area contributed by atoms with Crippen LogP contribution in [0.4, 0.5) is 4.79 Å². The SMILES string of the molecule is CCCCC(CNC(=O)OC(C)(C)C)NC(=NC)NCCC1CCN(C)CC1.I. The van der Waals surface area contributed by atoms with E-state index in [-0.39, 0.29) is 36.1 Å². The molecule has 1 aliphatic rings. The predicted molar refractivity (Wildman–Crippen MR) is 132 cm³/mol. The molecule has 1 fully saturated rings. The molecular formula is C21H44IN5O2. The van der Waals surface area contributed by atoms with E-state index in [9.17, 15) is 4.79 Å². The van der Waals surface area contributed by atoms with Crippen LogP contribution in [0.2, 0.25) is 0 Å². The molecule has 29 heavy (non-hydrogen) atoms. The summed E-state index contributed by atoms with van der Waals surface area (Å²) in [6, 6.07) is 0.127. The van der Waals surface area contributed by atoms with Crippen molar-refractivity contribution in [3.05, 3.63) is 0 Å². The number of unbranched alkanes of at least 4 members (excludes halogenated alkanes) is 1. The van der Waals surface area contributed by atoms with Gasteiger partial charge in [0.2, 0.25) is 0 Å². The van der Waals surface area contributed by atoms with E-state index in [2.05, 4.69) is 39.8 Å². The third kappa shape index (κ3) is 14.0. The summed E-state index contributed by atoms with van der Waals surface area (Å²) < 4.78 is 5.34. The Labute approximate surface area is 195 Å². The minimum Gasteiger partial charge on any atom is -0.444 e. The number of hydrogen-bond acceptors (Lipinski definition) is 4. The van der Waals surface area contributed by atoms with Crippen LogP contribution < -0.4 is 16.0 Å². The second-order valence-electron chi connectivity index (χ2n) is 8.90. The molecule has 1 unspecified atom stereocenters. The molecule has 3 N–H and O–H groups in total. The van der Waals surface area contributed by atoms with Gasteiger partial charge < -0.3 is 25.6 Å². The van der Waals surface area contributed by atoms with E-state index in [1.54, 1.807) is 7.05 Å². The van der Waals surface area contributed by atoms with Gasteiger partial charge in [-0.2, -0.15) is 0 Å². The second kappa shape index (κ2) is 15.1. The summed E-state index contributed by atoms with van der Waals surface area (Å²) in [5.74, 6) is 1.60. The van der Waals surface area contributed by atoms with Gasteiger partial charge in [-0.1, -0.05) is 19.8 Å². The number of likely N-dealkylation sites (tertiary alicyclic amines) is 1. The van der Waals surface area contributed by atoms with Crippen molar-refractivity contribution in [3.63, 3.8) is 0 Å². The Hall–Kier alpha value is -0.770. The number of amides is 1. The van der Waals surface area contributed by atoms with Gasteiger partial charge in [-0.05, 0) is 72.5 Å². The summed E-state index contributed by atoms with van der Waals surface area (Å²) in [6.07, 6.45) is 6.55. The smallest absolute Gasteiger partial charge is 0.407 e. The Balaban J connectivity index is 0.00000784. The number of carbonyl (C=O) groups is 1. The highest BCUT2D eigenvalue weighted by molar-refractivity contribution is 14.0. The van der Waals surface area contributed by atoms with Crippen LogP contribution in [0.15, 0.2) is 4.99 Å². The van der Waals surface area contributed by atoms with Crippen LogP contribution in [-0.4, -0.2) is 68.9 Å². The van der Waals surface area contributed by atoms with E-state index < -0.39 is 5.60 Å². The zero-order valence-corrected chi connectivity index (χ0v) is 21.7. The van der Waals surface area contributed by atoms with Crippen molar-refractivity contribution in [2.75, 3.05) is 40.3 Å². The minimum absolute atomic E-state index is 0. The quantitative estimate of drug-likeness (QED) is 0.244. The monoisotopic (exact) mass is 525 g/mol. The zero-order chi connectivity index (χ0) is 21.0. The molecule has 0 saturated carbocycles. The molecule has 1 saturated heterocycles. The Kier molecular flexibility index (Phi) is 14.7. The van der Waals surface area contributed by atoms with Gasteiger partial charge in [0.1, 0.15) is 5.60 Å². The number of nitrogens with zero attached hydrogens (tertiary/aromatic N) is 2. The summed E-state index contributed by atoms with van der Waals surface area (Å²) in [7, 11) is 3.99. The third-order valence-corrected chi connectivity index (χ3v) is 5.05. The van der Waals surface area contributed by atoms with Crippen LogP contribution in [0.25, 0.3) is 0 Å². The fourth-order valence-electron chi connectivity index (χ4n) is 3.33. The number of aliphatic imine (C=N–C) groups is 1. The lowest BCUT2D eigenvalue weighted by Crippen LogP contribution is -2.49. The van der Waals surface area contributed by atoms with Crippen molar-refractivity contribution < 1.29 is 9.53 Å². The van der Waals surface area contributed by atoms with Crippen LogP contribution >= 0.6 is 24.0 Å². The molecule has 1 heterocycles. The molecular weight excluding hydrogens is 481 g/mol. The summed E-state index contributed by atoms with van der Waals surface area (Å²) in [4.78, 5) is 18.7. The number of carbonyl (C=O) groups excluding carboxylic acids is 1. The normalized spacial score (nSPS) is 17.2. The number of rotatable bonds is 9. The number of alkyl carbamates (subject to hydrolysis) is 1. The zero-order valence-electron chi connectivity index (χ0n) is 19.3. The molecule has 0 aromatic rings. The van der Waals surface area contributed by atoms with Crippen LogP contribution in [0.1, 0.15) is 66.2 Å². The first-order valence-corrected chi connectivity index (χ1v) is 10.9. The molecule has 172 valence electrons.